The highest BCUT2D eigenvalue weighted by Gasteiger charge is 2.24. The first-order chi connectivity index (χ1) is 15.0. The summed E-state index contributed by atoms with van der Waals surface area (Å²) in [6.45, 7) is 3.50. The van der Waals surface area contributed by atoms with E-state index >= 15 is 0 Å². The molecule has 1 unspecified atom stereocenters. The maximum atomic E-state index is 12.3. The molecule has 0 saturated heterocycles. The van der Waals surface area contributed by atoms with Crippen molar-refractivity contribution < 1.29 is 13.2 Å². The van der Waals surface area contributed by atoms with Crippen LogP contribution in [-0.4, -0.2) is 45.7 Å². The quantitative estimate of drug-likeness (QED) is 0.349. The predicted octanol–water partition coefficient (Wildman–Crippen LogP) is 1.79. The van der Waals surface area contributed by atoms with Crippen molar-refractivity contribution in [2.45, 2.75) is 25.8 Å². The number of hydrogen-bond donors (Lipinski definition) is 4. The molecule has 0 saturated carbocycles. The van der Waals surface area contributed by atoms with Crippen molar-refractivity contribution >= 4 is 27.6 Å². The molecule has 166 valence electrons. The van der Waals surface area contributed by atoms with E-state index in [-0.39, 0.29) is 30.7 Å². The monoisotopic (exact) mass is 443 g/mol. The minimum Gasteiger partial charge on any atom is -0.357 e. The molecular weight excluding hydrogens is 414 g/mol. The summed E-state index contributed by atoms with van der Waals surface area (Å²) in [5.41, 5.74) is 2.80. The van der Waals surface area contributed by atoms with Crippen LogP contribution in [0.2, 0.25) is 0 Å². The number of carbonyl (C=O) groups is 1. The van der Waals surface area contributed by atoms with Gasteiger partial charge < -0.3 is 16.0 Å². The SMILES string of the molecule is CCNC(=NCC1CC(=O)Nc2ccccc21)NCCS(=O)(=O)NCc1ccccc1. The Morgan fingerprint density at radius 1 is 1.10 bits per heavy atom. The minimum absolute atomic E-state index is 0.0170. The van der Waals surface area contributed by atoms with Gasteiger partial charge in [0.1, 0.15) is 0 Å². The third-order valence-corrected chi connectivity index (χ3v) is 6.25. The standard InChI is InChI=1S/C22H29N5O3S/c1-2-23-22(24-12-13-31(29,30)26-15-17-8-4-3-5-9-17)25-16-18-14-21(28)27-20-11-7-6-10-19(18)20/h3-11,18,26H,2,12-16H2,1H3,(H,27,28)(H2,23,24,25). The van der Waals surface area contributed by atoms with Crippen molar-refractivity contribution in [1.29, 1.82) is 0 Å². The summed E-state index contributed by atoms with van der Waals surface area (Å²) in [6, 6.07) is 17.1. The number of hydrogen-bond acceptors (Lipinski definition) is 4. The van der Waals surface area contributed by atoms with Crippen LogP contribution in [0.1, 0.15) is 30.4 Å². The molecule has 1 atom stereocenters. The number of nitrogens with zero attached hydrogens (tertiary/aromatic N) is 1. The van der Waals surface area contributed by atoms with E-state index in [9.17, 15) is 13.2 Å². The first-order valence-electron chi connectivity index (χ1n) is 10.4. The Labute approximate surface area is 183 Å². The molecule has 2 aromatic rings. The van der Waals surface area contributed by atoms with Crippen molar-refractivity contribution in [2.24, 2.45) is 4.99 Å². The first-order valence-corrected chi connectivity index (χ1v) is 12.0. The van der Waals surface area contributed by atoms with Gasteiger partial charge >= 0.3 is 0 Å². The third-order valence-electron chi connectivity index (χ3n) is 4.92. The van der Waals surface area contributed by atoms with Gasteiger partial charge in [0, 0.05) is 37.7 Å². The van der Waals surface area contributed by atoms with Crippen molar-refractivity contribution in [3.8, 4) is 0 Å². The molecule has 3 rings (SSSR count). The van der Waals surface area contributed by atoms with Gasteiger partial charge in [-0.1, -0.05) is 48.5 Å². The molecule has 8 nitrogen and oxygen atoms in total. The fourth-order valence-corrected chi connectivity index (χ4v) is 4.27. The molecule has 31 heavy (non-hydrogen) atoms. The number of sulfonamides is 1. The molecule has 0 aliphatic carbocycles. The number of benzene rings is 2. The van der Waals surface area contributed by atoms with Crippen LogP contribution in [0.3, 0.4) is 0 Å². The molecular formula is C22H29N5O3S. The molecule has 4 N–H and O–H groups in total. The molecule has 0 spiro atoms. The Morgan fingerprint density at radius 2 is 1.84 bits per heavy atom. The van der Waals surface area contributed by atoms with E-state index in [0.29, 0.717) is 25.5 Å². The molecule has 1 aliphatic rings. The van der Waals surface area contributed by atoms with Gasteiger partial charge in [-0.25, -0.2) is 13.1 Å². The van der Waals surface area contributed by atoms with Gasteiger partial charge in [0.15, 0.2) is 5.96 Å². The van der Waals surface area contributed by atoms with Gasteiger partial charge in [0.25, 0.3) is 0 Å². The topological polar surface area (TPSA) is 112 Å². The zero-order chi connectivity index (χ0) is 22.1. The normalized spacial score (nSPS) is 16.4. The molecule has 1 aliphatic heterocycles. The summed E-state index contributed by atoms with van der Waals surface area (Å²) in [6.07, 6.45) is 0.373. The van der Waals surface area contributed by atoms with Crippen LogP contribution in [0.15, 0.2) is 59.6 Å². The summed E-state index contributed by atoms with van der Waals surface area (Å²) < 4.78 is 27.1. The van der Waals surface area contributed by atoms with E-state index in [2.05, 4.69) is 25.7 Å². The zero-order valence-electron chi connectivity index (χ0n) is 17.6. The lowest BCUT2D eigenvalue weighted by molar-refractivity contribution is -0.116. The van der Waals surface area contributed by atoms with Gasteiger partial charge in [-0.2, -0.15) is 0 Å². The predicted molar refractivity (Wildman–Crippen MR) is 123 cm³/mol. The highest BCUT2D eigenvalue weighted by molar-refractivity contribution is 7.89. The highest BCUT2D eigenvalue weighted by atomic mass is 32.2. The van der Waals surface area contributed by atoms with Crippen LogP contribution >= 0.6 is 0 Å². The molecule has 0 radical (unpaired) electrons. The van der Waals surface area contributed by atoms with E-state index in [0.717, 1.165) is 16.8 Å². The van der Waals surface area contributed by atoms with Gasteiger partial charge in [0.05, 0.1) is 12.3 Å². The number of para-hydroxylation sites is 1. The van der Waals surface area contributed by atoms with Crippen LogP contribution in [0.25, 0.3) is 0 Å². The van der Waals surface area contributed by atoms with Crippen molar-refractivity contribution in [1.82, 2.24) is 15.4 Å². The first kappa shape index (κ1) is 22.8. The lowest BCUT2D eigenvalue weighted by atomic mass is 9.91. The number of carbonyl (C=O) groups excluding carboxylic acids is 1. The van der Waals surface area contributed by atoms with Gasteiger partial charge in [-0.05, 0) is 24.1 Å². The lowest BCUT2D eigenvalue weighted by Crippen LogP contribution is -2.41. The van der Waals surface area contributed by atoms with Crippen LogP contribution in [0.4, 0.5) is 5.69 Å². The van der Waals surface area contributed by atoms with E-state index in [1.807, 2.05) is 61.5 Å². The molecule has 0 fully saturated rings. The Bertz CT molecular complexity index is 1010. The van der Waals surface area contributed by atoms with Gasteiger partial charge in [0.2, 0.25) is 15.9 Å². The van der Waals surface area contributed by atoms with Crippen molar-refractivity contribution in [2.75, 3.05) is 30.7 Å². The summed E-state index contributed by atoms with van der Waals surface area (Å²) in [5, 5.41) is 9.08. The van der Waals surface area contributed by atoms with Crippen LogP contribution in [-0.2, 0) is 21.4 Å². The molecule has 1 amide bonds. The lowest BCUT2D eigenvalue weighted by Gasteiger charge is -2.24. The molecule has 2 aromatic carbocycles. The second kappa shape index (κ2) is 10.9. The van der Waals surface area contributed by atoms with Crippen molar-refractivity contribution in [3.05, 3.63) is 65.7 Å². The number of nitrogens with one attached hydrogen (secondary N) is 4. The van der Waals surface area contributed by atoms with E-state index < -0.39 is 10.0 Å². The van der Waals surface area contributed by atoms with Crippen LogP contribution in [0.5, 0.6) is 0 Å². The average molecular weight is 444 g/mol. The summed E-state index contributed by atoms with van der Waals surface area (Å²) in [7, 11) is -3.42. The van der Waals surface area contributed by atoms with E-state index in [4.69, 9.17) is 0 Å². The number of fused-ring (bicyclic) bond motifs is 1. The smallest absolute Gasteiger partial charge is 0.225 e. The summed E-state index contributed by atoms with van der Waals surface area (Å²) in [5.74, 6) is 0.423. The fourth-order valence-electron chi connectivity index (χ4n) is 3.37. The number of aliphatic imine (C=N–C) groups is 1. The second-order valence-electron chi connectivity index (χ2n) is 7.31. The van der Waals surface area contributed by atoms with E-state index in [1.165, 1.54) is 0 Å². The number of anilines is 1. The maximum Gasteiger partial charge on any atom is 0.225 e. The van der Waals surface area contributed by atoms with E-state index in [1.54, 1.807) is 0 Å². The third kappa shape index (κ3) is 7.08. The molecule has 0 aromatic heterocycles. The Balaban J connectivity index is 1.53. The second-order valence-corrected chi connectivity index (χ2v) is 9.23. The summed E-state index contributed by atoms with van der Waals surface area (Å²) in [4.78, 5) is 16.6. The number of guanidine groups is 1. The van der Waals surface area contributed by atoms with Crippen LogP contribution in [0, 0.1) is 0 Å². The Hall–Kier alpha value is -2.91. The number of rotatable bonds is 9. The average Bonchev–Trinajstić information content (AvgIpc) is 2.76. The number of amides is 1. The van der Waals surface area contributed by atoms with Crippen LogP contribution < -0.4 is 20.7 Å². The zero-order valence-corrected chi connectivity index (χ0v) is 18.4. The summed E-state index contributed by atoms with van der Waals surface area (Å²) >= 11 is 0. The van der Waals surface area contributed by atoms with Crippen molar-refractivity contribution in [3.63, 3.8) is 0 Å². The van der Waals surface area contributed by atoms with Gasteiger partial charge in [-0.3, -0.25) is 9.79 Å². The molecule has 9 heteroatoms. The maximum absolute atomic E-state index is 12.3. The van der Waals surface area contributed by atoms with Gasteiger partial charge in [-0.15, -0.1) is 0 Å². The highest BCUT2D eigenvalue weighted by Crippen LogP contribution is 2.31. The largest absolute Gasteiger partial charge is 0.357 e. The molecule has 1 heterocycles. The molecule has 0 bridgehead atoms. The minimum atomic E-state index is -3.42. The Morgan fingerprint density at radius 3 is 2.61 bits per heavy atom. The Kier molecular flexibility index (Phi) is 8.02. The fraction of sp³-hybridized carbons (Fsp3) is 0.364.